The van der Waals surface area contributed by atoms with Gasteiger partial charge in [0.25, 0.3) is 0 Å². The van der Waals surface area contributed by atoms with E-state index >= 15 is 0 Å². The second kappa shape index (κ2) is 13.4. The van der Waals surface area contributed by atoms with Crippen molar-refractivity contribution in [2.45, 2.75) is 6.42 Å². The third-order valence-corrected chi connectivity index (χ3v) is 4.36. The summed E-state index contributed by atoms with van der Waals surface area (Å²) in [5.41, 5.74) is 1.50. The van der Waals surface area contributed by atoms with Gasteiger partial charge in [-0.1, -0.05) is 49.6 Å². The van der Waals surface area contributed by atoms with E-state index in [0.717, 1.165) is 11.1 Å². The summed E-state index contributed by atoms with van der Waals surface area (Å²) in [6.07, 6.45) is 9.06. The topological polar surface area (TPSA) is 71.1 Å². The molecule has 0 N–H and O–H groups in total. The van der Waals surface area contributed by atoms with Crippen LogP contribution in [0.2, 0.25) is 0 Å². The summed E-state index contributed by atoms with van der Waals surface area (Å²) < 4.78 is 21.6. The molecule has 0 fully saturated rings. The maximum Gasteiger partial charge on any atom is 0.163 e. The quantitative estimate of drug-likeness (QED) is 0.228. The van der Waals surface area contributed by atoms with Crippen LogP contribution < -0.4 is 18.9 Å². The highest BCUT2D eigenvalue weighted by molar-refractivity contribution is 6.10. The first-order valence-electron chi connectivity index (χ1n) is 10.3. The van der Waals surface area contributed by atoms with Gasteiger partial charge < -0.3 is 18.9 Å². The fourth-order valence-corrected chi connectivity index (χ4v) is 2.78. The van der Waals surface area contributed by atoms with Gasteiger partial charge in [-0.05, 0) is 47.5 Å². The first-order valence-corrected chi connectivity index (χ1v) is 10.3. The summed E-state index contributed by atoms with van der Waals surface area (Å²) in [6, 6.07) is 10.6. The van der Waals surface area contributed by atoms with Gasteiger partial charge in [-0.3, -0.25) is 9.59 Å². The number of benzene rings is 2. The highest BCUT2D eigenvalue weighted by Gasteiger charge is 2.07. The van der Waals surface area contributed by atoms with Crippen molar-refractivity contribution in [2.24, 2.45) is 0 Å². The average molecular weight is 449 g/mol. The van der Waals surface area contributed by atoms with Gasteiger partial charge in [-0.15, -0.1) is 0 Å². The monoisotopic (exact) mass is 448 g/mol. The lowest BCUT2D eigenvalue weighted by atomic mass is 10.1. The molecule has 33 heavy (non-hydrogen) atoms. The summed E-state index contributed by atoms with van der Waals surface area (Å²) in [7, 11) is 3.08. The first-order chi connectivity index (χ1) is 16.0. The number of carbonyl (C=O) groups excluding carboxylic acids is 2. The molecule has 0 unspecified atom stereocenters. The van der Waals surface area contributed by atoms with Crippen LogP contribution in [0, 0.1) is 0 Å². The van der Waals surface area contributed by atoms with Gasteiger partial charge in [0.2, 0.25) is 0 Å². The third-order valence-electron chi connectivity index (χ3n) is 4.36. The van der Waals surface area contributed by atoms with Crippen LogP contribution in [-0.2, 0) is 9.59 Å². The second-order valence-corrected chi connectivity index (χ2v) is 6.80. The lowest BCUT2D eigenvalue weighted by Gasteiger charge is -2.09. The largest absolute Gasteiger partial charge is 0.493 e. The highest BCUT2D eigenvalue weighted by Crippen LogP contribution is 2.29. The van der Waals surface area contributed by atoms with Crippen LogP contribution in [-0.4, -0.2) is 39.0 Å². The second-order valence-electron chi connectivity index (χ2n) is 6.80. The van der Waals surface area contributed by atoms with Gasteiger partial charge >= 0.3 is 0 Å². The first kappa shape index (κ1) is 25.2. The smallest absolute Gasteiger partial charge is 0.163 e. The zero-order chi connectivity index (χ0) is 24.1. The summed E-state index contributed by atoms with van der Waals surface area (Å²) in [6.45, 7) is 7.95. The van der Waals surface area contributed by atoms with E-state index in [9.17, 15) is 9.59 Å². The molecule has 0 aliphatic rings. The minimum absolute atomic E-state index is 0.234. The Morgan fingerprint density at radius 1 is 0.727 bits per heavy atom. The molecule has 2 aromatic rings. The van der Waals surface area contributed by atoms with Crippen LogP contribution in [0.1, 0.15) is 17.5 Å². The average Bonchev–Trinajstić information content (AvgIpc) is 2.83. The molecule has 6 heteroatoms. The summed E-state index contributed by atoms with van der Waals surface area (Å²) in [4.78, 5) is 24.4. The standard InChI is InChI=1S/C27H28O6/c1-5-15-32-24-13-9-20(17-26(24)30-3)7-11-22(28)19-23(29)12-8-21-10-14-25(33-16-6-2)27(18-21)31-4/h5-14,17-18H,1-2,15-16,19H2,3-4H3/b11-7+,12-8+. The summed E-state index contributed by atoms with van der Waals surface area (Å²) in [5, 5.41) is 0. The number of allylic oxidation sites excluding steroid dienone is 2. The number of ether oxygens (including phenoxy) is 4. The predicted molar refractivity (Wildman–Crippen MR) is 130 cm³/mol. The minimum Gasteiger partial charge on any atom is -0.493 e. The lowest BCUT2D eigenvalue weighted by molar-refractivity contribution is -0.121. The maximum absolute atomic E-state index is 12.2. The van der Waals surface area contributed by atoms with Crippen molar-refractivity contribution in [2.75, 3.05) is 27.4 Å². The van der Waals surface area contributed by atoms with Gasteiger partial charge in [0, 0.05) is 0 Å². The van der Waals surface area contributed by atoms with E-state index in [0.29, 0.717) is 36.2 Å². The van der Waals surface area contributed by atoms with Crippen LogP contribution in [0.25, 0.3) is 12.2 Å². The predicted octanol–water partition coefficient (Wildman–Crippen LogP) is 5.09. The number of rotatable bonds is 14. The molecular weight excluding hydrogens is 420 g/mol. The number of carbonyl (C=O) groups is 2. The van der Waals surface area contributed by atoms with Crippen LogP contribution in [0.15, 0.2) is 73.9 Å². The van der Waals surface area contributed by atoms with E-state index < -0.39 is 0 Å². The van der Waals surface area contributed by atoms with Crippen molar-refractivity contribution < 1.29 is 28.5 Å². The van der Waals surface area contributed by atoms with Crippen molar-refractivity contribution in [1.29, 1.82) is 0 Å². The molecule has 0 saturated carbocycles. The fraction of sp³-hybridized carbons (Fsp3) is 0.185. The maximum atomic E-state index is 12.2. The Morgan fingerprint density at radius 3 is 1.52 bits per heavy atom. The zero-order valence-corrected chi connectivity index (χ0v) is 18.9. The van der Waals surface area contributed by atoms with E-state index in [1.165, 1.54) is 26.4 Å². The molecule has 0 spiro atoms. The van der Waals surface area contributed by atoms with Gasteiger partial charge in [-0.2, -0.15) is 0 Å². The molecule has 6 nitrogen and oxygen atoms in total. The SMILES string of the molecule is C=CCOc1ccc(/C=C/C(=O)CC(=O)/C=C/c2ccc(OCC=C)c(OC)c2)cc1OC. The zero-order valence-electron chi connectivity index (χ0n) is 18.9. The molecule has 0 radical (unpaired) electrons. The molecule has 0 amide bonds. The molecular formula is C27H28O6. The molecule has 0 bridgehead atoms. The van der Waals surface area contributed by atoms with Crippen LogP contribution in [0.5, 0.6) is 23.0 Å². The van der Waals surface area contributed by atoms with Crippen molar-refractivity contribution in [3.63, 3.8) is 0 Å². The molecule has 2 aromatic carbocycles. The molecule has 0 aliphatic carbocycles. The Balaban J connectivity index is 1.97. The molecule has 2 rings (SSSR count). The minimum atomic E-state index is -0.304. The third kappa shape index (κ3) is 8.18. The Bertz CT molecular complexity index is 965. The Morgan fingerprint density at radius 2 is 1.15 bits per heavy atom. The number of ketones is 2. The summed E-state index contributed by atoms with van der Waals surface area (Å²) >= 11 is 0. The number of hydrogen-bond acceptors (Lipinski definition) is 6. The van der Waals surface area contributed by atoms with Crippen molar-refractivity contribution in [1.82, 2.24) is 0 Å². The van der Waals surface area contributed by atoms with E-state index in [1.54, 1.807) is 60.7 Å². The van der Waals surface area contributed by atoms with Gasteiger partial charge in [0.05, 0.1) is 20.6 Å². The van der Waals surface area contributed by atoms with E-state index in [2.05, 4.69) is 13.2 Å². The van der Waals surface area contributed by atoms with E-state index in [4.69, 9.17) is 18.9 Å². The molecule has 0 aliphatic heterocycles. The van der Waals surface area contributed by atoms with Crippen LogP contribution in [0.4, 0.5) is 0 Å². The van der Waals surface area contributed by atoms with E-state index in [1.807, 2.05) is 0 Å². The van der Waals surface area contributed by atoms with Crippen molar-refractivity contribution in [3.8, 4) is 23.0 Å². The molecule has 0 heterocycles. The molecule has 0 saturated heterocycles. The lowest BCUT2D eigenvalue weighted by Crippen LogP contribution is -2.02. The normalized spacial score (nSPS) is 10.7. The molecule has 0 atom stereocenters. The van der Waals surface area contributed by atoms with Gasteiger partial charge in [0.15, 0.2) is 34.6 Å². The Labute approximate surface area is 194 Å². The van der Waals surface area contributed by atoms with E-state index in [-0.39, 0.29) is 18.0 Å². The van der Waals surface area contributed by atoms with Gasteiger partial charge in [0.1, 0.15) is 13.2 Å². The fourth-order valence-electron chi connectivity index (χ4n) is 2.78. The number of hydrogen-bond donors (Lipinski definition) is 0. The van der Waals surface area contributed by atoms with Crippen molar-refractivity contribution >= 4 is 23.7 Å². The Kier molecular flexibility index (Phi) is 10.2. The molecule has 172 valence electrons. The van der Waals surface area contributed by atoms with Crippen LogP contribution >= 0.6 is 0 Å². The Hall–Kier alpha value is -4.06. The van der Waals surface area contributed by atoms with Crippen molar-refractivity contribution in [3.05, 3.63) is 85.0 Å². The van der Waals surface area contributed by atoms with Gasteiger partial charge in [-0.25, -0.2) is 0 Å². The highest BCUT2D eigenvalue weighted by atomic mass is 16.5. The van der Waals surface area contributed by atoms with Crippen LogP contribution in [0.3, 0.4) is 0 Å². The number of methoxy groups -OCH3 is 2. The summed E-state index contributed by atoms with van der Waals surface area (Å²) in [5.74, 6) is 1.64. The molecule has 0 aromatic heterocycles.